The van der Waals surface area contributed by atoms with Crippen molar-refractivity contribution in [2.45, 2.75) is 13.2 Å². The predicted molar refractivity (Wildman–Crippen MR) is 70.0 cm³/mol. The quantitative estimate of drug-likeness (QED) is 0.769. The third-order valence-electron chi connectivity index (χ3n) is 2.95. The van der Waals surface area contributed by atoms with Crippen molar-refractivity contribution in [3.8, 4) is 0 Å². The van der Waals surface area contributed by atoms with E-state index in [-0.39, 0.29) is 5.56 Å². The van der Waals surface area contributed by atoms with Gasteiger partial charge in [0.2, 0.25) is 0 Å². The molecule has 0 aromatic heterocycles. The van der Waals surface area contributed by atoms with Crippen molar-refractivity contribution in [3.63, 3.8) is 0 Å². The number of hydrogen-bond donors (Lipinski definition) is 2. The Morgan fingerprint density at radius 3 is 3.00 bits per heavy atom. The molecule has 0 fully saturated rings. The molecule has 1 aliphatic rings. The Hall–Kier alpha value is -1.82. The van der Waals surface area contributed by atoms with Gasteiger partial charge in [0.25, 0.3) is 0 Å². The first-order valence-electron chi connectivity index (χ1n) is 5.88. The molecule has 0 radical (unpaired) electrons. The van der Waals surface area contributed by atoms with Gasteiger partial charge in [0.1, 0.15) is 0 Å². The zero-order valence-electron chi connectivity index (χ0n) is 10.2. The molecule has 0 amide bonds. The molecule has 1 aromatic rings. The summed E-state index contributed by atoms with van der Waals surface area (Å²) in [4.78, 5) is 17.1. The fourth-order valence-electron chi connectivity index (χ4n) is 2.06. The SMILES string of the molecule is CB(O)N1CCN=C1Cc1cccc(C(=O)O)c1. The zero-order valence-corrected chi connectivity index (χ0v) is 10.2. The highest BCUT2D eigenvalue weighted by atomic mass is 16.4. The van der Waals surface area contributed by atoms with Gasteiger partial charge < -0.3 is 14.9 Å². The van der Waals surface area contributed by atoms with Crippen LogP contribution >= 0.6 is 0 Å². The topological polar surface area (TPSA) is 73.1 Å². The maximum atomic E-state index is 10.9. The smallest absolute Gasteiger partial charge is 0.410 e. The first-order valence-corrected chi connectivity index (χ1v) is 5.88. The fraction of sp³-hybridized carbons (Fsp3) is 0.333. The molecular formula is C12H15BN2O3. The number of benzene rings is 1. The highest BCUT2D eigenvalue weighted by Gasteiger charge is 2.24. The lowest BCUT2D eigenvalue weighted by Gasteiger charge is -2.21. The zero-order chi connectivity index (χ0) is 13.1. The van der Waals surface area contributed by atoms with Crippen molar-refractivity contribution in [2.24, 2.45) is 4.99 Å². The molecule has 94 valence electrons. The van der Waals surface area contributed by atoms with Crippen LogP contribution in [0.5, 0.6) is 0 Å². The van der Waals surface area contributed by atoms with Crippen LogP contribution in [0.25, 0.3) is 0 Å². The Labute approximate surface area is 106 Å². The Balaban J connectivity index is 2.14. The molecule has 5 nitrogen and oxygen atoms in total. The number of rotatable bonds is 4. The number of aliphatic imine (C=N–C) groups is 1. The molecular weight excluding hydrogens is 231 g/mol. The molecule has 0 saturated carbocycles. The van der Waals surface area contributed by atoms with Crippen LogP contribution in [-0.2, 0) is 6.42 Å². The molecule has 1 aromatic carbocycles. The summed E-state index contributed by atoms with van der Waals surface area (Å²) in [6.45, 7) is 3.10. The van der Waals surface area contributed by atoms with E-state index in [0.29, 0.717) is 19.5 Å². The van der Waals surface area contributed by atoms with Gasteiger partial charge in [0.05, 0.1) is 17.9 Å². The van der Waals surface area contributed by atoms with Crippen LogP contribution in [0.2, 0.25) is 6.82 Å². The number of carboxylic acids is 1. The Bertz CT molecular complexity index is 488. The van der Waals surface area contributed by atoms with Crippen LogP contribution in [0.1, 0.15) is 15.9 Å². The van der Waals surface area contributed by atoms with E-state index in [9.17, 15) is 9.82 Å². The van der Waals surface area contributed by atoms with Crippen molar-refractivity contribution >= 4 is 18.9 Å². The predicted octanol–water partition coefficient (Wildman–Crippen LogP) is 0.752. The van der Waals surface area contributed by atoms with Crippen molar-refractivity contribution < 1.29 is 14.9 Å². The first kappa shape index (κ1) is 12.6. The van der Waals surface area contributed by atoms with Crippen LogP contribution in [-0.4, -0.2) is 46.9 Å². The van der Waals surface area contributed by atoms with Crippen molar-refractivity contribution in [1.29, 1.82) is 0 Å². The summed E-state index contributed by atoms with van der Waals surface area (Å²) in [7, 11) is -0.561. The molecule has 0 atom stereocenters. The molecule has 18 heavy (non-hydrogen) atoms. The van der Waals surface area contributed by atoms with E-state index in [1.54, 1.807) is 25.0 Å². The van der Waals surface area contributed by atoms with Crippen LogP contribution in [0.4, 0.5) is 0 Å². The van der Waals surface area contributed by atoms with Gasteiger partial charge in [0.15, 0.2) is 0 Å². The minimum Gasteiger partial charge on any atom is -0.478 e. The van der Waals surface area contributed by atoms with E-state index in [0.717, 1.165) is 11.4 Å². The highest BCUT2D eigenvalue weighted by Crippen LogP contribution is 2.12. The van der Waals surface area contributed by atoms with E-state index in [1.165, 1.54) is 0 Å². The second kappa shape index (κ2) is 5.22. The minimum absolute atomic E-state index is 0.273. The maximum Gasteiger partial charge on any atom is 0.410 e. The van der Waals surface area contributed by atoms with Crippen LogP contribution in [0.15, 0.2) is 29.3 Å². The number of amidine groups is 1. The molecule has 2 N–H and O–H groups in total. The van der Waals surface area contributed by atoms with E-state index < -0.39 is 13.0 Å². The summed E-state index contributed by atoms with van der Waals surface area (Å²) in [5, 5.41) is 18.5. The van der Waals surface area contributed by atoms with Crippen molar-refractivity contribution in [3.05, 3.63) is 35.4 Å². The molecule has 1 heterocycles. The molecule has 0 spiro atoms. The van der Waals surface area contributed by atoms with Crippen molar-refractivity contribution in [2.75, 3.05) is 13.1 Å². The molecule has 0 aliphatic carbocycles. The van der Waals surface area contributed by atoms with E-state index in [4.69, 9.17) is 5.11 Å². The maximum absolute atomic E-state index is 10.9. The third kappa shape index (κ3) is 2.71. The Morgan fingerprint density at radius 2 is 2.33 bits per heavy atom. The summed E-state index contributed by atoms with van der Waals surface area (Å²) in [6, 6.07) is 6.80. The van der Waals surface area contributed by atoms with Gasteiger partial charge in [-0.25, -0.2) is 4.79 Å². The minimum atomic E-state index is -0.933. The standard InChI is InChI=1S/C12H15BN2O3/c1-13(18)15-6-5-14-11(15)8-9-3-2-4-10(7-9)12(16)17/h2-4,7,18H,5-6,8H2,1H3,(H,16,17). The lowest BCUT2D eigenvalue weighted by Crippen LogP contribution is -2.40. The monoisotopic (exact) mass is 246 g/mol. The number of nitrogens with zero attached hydrogens (tertiary/aromatic N) is 2. The molecule has 0 unspecified atom stereocenters. The van der Waals surface area contributed by atoms with E-state index in [1.807, 2.05) is 10.9 Å². The van der Waals surface area contributed by atoms with Crippen LogP contribution < -0.4 is 0 Å². The number of aromatic carboxylic acids is 1. The summed E-state index contributed by atoms with van der Waals surface area (Å²) in [5.74, 6) is -0.120. The normalized spacial score (nSPS) is 14.6. The average molecular weight is 246 g/mol. The Morgan fingerprint density at radius 1 is 1.56 bits per heavy atom. The molecule has 1 aliphatic heterocycles. The van der Waals surface area contributed by atoms with Gasteiger partial charge >= 0.3 is 13.0 Å². The van der Waals surface area contributed by atoms with Crippen molar-refractivity contribution in [1.82, 2.24) is 4.81 Å². The lowest BCUT2D eigenvalue weighted by atomic mass is 9.84. The lowest BCUT2D eigenvalue weighted by molar-refractivity contribution is 0.0696. The Kier molecular flexibility index (Phi) is 3.67. The molecule has 6 heteroatoms. The van der Waals surface area contributed by atoms with Gasteiger partial charge in [0, 0.05) is 13.0 Å². The second-order valence-corrected chi connectivity index (χ2v) is 4.31. The number of carbonyl (C=O) groups is 1. The van der Waals surface area contributed by atoms with Gasteiger partial charge in [-0.1, -0.05) is 12.1 Å². The van der Waals surface area contributed by atoms with Gasteiger partial charge in [-0.05, 0) is 24.5 Å². The fourth-order valence-corrected chi connectivity index (χ4v) is 2.06. The van der Waals surface area contributed by atoms with Gasteiger partial charge in [-0.2, -0.15) is 0 Å². The first-order chi connectivity index (χ1) is 8.58. The molecule has 0 bridgehead atoms. The summed E-state index contributed by atoms with van der Waals surface area (Å²) in [6.07, 6.45) is 0.548. The largest absolute Gasteiger partial charge is 0.478 e. The molecule has 0 saturated heterocycles. The third-order valence-corrected chi connectivity index (χ3v) is 2.95. The number of hydrogen-bond acceptors (Lipinski definition) is 4. The highest BCUT2D eigenvalue weighted by molar-refractivity contribution is 6.49. The second-order valence-electron chi connectivity index (χ2n) is 4.31. The van der Waals surface area contributed by atoms with Crippen LogP contribution in [0, 0.1) is 0 Å². The van der Waals surface area contributed by atoms with E-state index in [2.05, 4.69) is 4.99 Å². The summed E-state index contributed by atoms with van der Waals surface area (Å²) < 4.78 is 0. The summed E-state index contributed by atoms with van der Waals surface area (Å²) >= 11 is 0. The van der Waals surface area contributed by atoms with E-state index >= 15 is 0 Å². The van der Waals surface area contributed by atoms with Gasteiger partial charge in [-0.15, -0.1) is 0 Å². The average Bonchev–Trinajstić information content (AvgIpc) is 2.77. The van der Waals surface area contributed by atoms with Crippen LogP contribution in [0.3, 0.4) is 0 Å². The van der Waals surface area contributed by atoms with Gasteiger partial charge in [-0.3, -0.25) is 4.99 Å². The number of carboxylic acid groups (broad SMARTS) is 1. The molecule has 2 rings (SSSR count). The summed E-state index contributed by atoms with van der Waals surface area (Å²) in [5.41, 5.74) is 1.16.